The van der Waals surface area contributed by atoms with Crippen molar-refractivity contribution < 1.29 is 4.68 Å². The molecule has 0 N–H and O–H groups in total. The van der Waals surface area contributed by atoms with Crippen LogP contribution in [0, 0.1) is 20.8 Å². The Morgan fingerprint density at radius 3 is 1.42 bits per heavy atom. The first-order chi connectivity index (χ1) is 11.5. The number of hydrogen-bond acceptors (Lipinski definition) is 1. The molecule has 0 atom stereocenters. The average molecular weight is 447 g/mol. The second kappa shape index (κ2) is 7.08. The smallest absolute Gasteiger partial charge is 0.116 e. The summed E-state index contributed by atoms with van der Waals surface area (Å²) in [7, 11) is 0. The molecule has 0 aliphatic rings. The zero-order valence-electron chi connectivity index (χ0n) is 13.9. The Labute approximate surface area is 160 Å². The van der Waals surface area contributed by atoms with Crippen molar-refractivity contribution in [1.29, 1.82) is 0 Å². The number of pyridine rings is 1. The van der Waals surface area contributed by atoms with Crippen molar-refractivity contribution in [3.63, 3.8) is 0 Å². The number of rotatable bonds is 3. The Bertz CT molecular complexity index is 787. The number of hydrogen-bond donors (Lipinski definition) is 0. The van der Waals surface area contributed by atoms with Gasteiger partial charge < -0.3 is 0 Å². The highest BCUT2D eigenvalue weighted by Crippen LogP contribution is 2.27. The summed E-state index contributed by atoms with van der Waals surface area (Å²) < 4.78 is 4.40. The van der Waals surface area contributed by atoms with Gasteiger partial charge in [0.2, 0.25) is 11.4 Å². The molecule has 1 heterocycles. The molecule has 0 amide bonds. The summed E-state index contributed by atoms with van der Waals surface area (Å²) >= 11 is 7.05. The third-order valence-electron chi connectivity index (χ3n) is 3.88. The lowest BCUT2D eigenvalue weighted by Gasteiger charge is -2.21. The van der Waals surface area contributed by atoms with E-state index in [4.69, 9.17) is 0 Å². The highest BCUT2D eigenvalue weighted by Gasteiger charge is 2.24. The van der Waals surface area contributed by atoms with Gasteiger partial charge in [0.15, 0.2) is 0 Å². The maximum Gasteiger partial charge on any atom is 0.210 e. The Balaban J connectivity index is 2.22. The van der Waals surface area contributed by atoms with Gasteiger partial charge >= 0.3 is 0 Å². The zero-order chi connectivity index (χ0) is 17.3. The second-order valence-corrected chi connectivity index (χ2v) is 7.72. The molecule has 2 nitrogen and oxygen atoms in total. The van der Waals surface area contributed by atoms with Gasteiger partial charge in [-0.25, -0.2) is 0 Å². The van der Waals surface area contributed by atoms with Crippen LogP contribution in [0.4, 0.5) is 11.4 Å². The van der Waals surface area contributed by atoms with Crippen molar-refractivity contribution in [2.45, 2.75) is 20.8 Å². The third-order valence-corrected chi connectivity index (χ3v) is 4.94. The fourth-order valence-corrected chi connectivity index (χ4v) is 3.49. The molecule has 0 radical (unpaired) electrons. The van der Waals surface area contributed by atoms with Crippen LogP contribution in [0.15, 0.2) is 69.6 Å². The Kier molecular flexibility index (Phi) is 5.07. The number of halogens is 2. The van der Waals surface area contributed by atoms with Crippen molar-refractivity contribution in [2.24, 2.45) is 0 Å². The van der Waals surface area contributed by atoms with E-state index < -0.39 is 0 Å². The molecule has 0 spiro atoms. The molecule has 0 unspecified atom stereocenters. The van der Waals surface area contributed by atoms with Crippen molar-refractivity contribution in [3.05, 3.63) is 86.6 Å². The summed E-state index contributed by atoms with van der Waals surface area (Å²) in [6.07, 6.45) is 0. The van der Waals surface area contributed by atoms with E-state index in [9.17, 15) is 0 Å². The minimum atomic E-state index is 1.07. The number of aromatic nitrogens is 1. The predicted molar refractivity (Wildman–Crippen MR) is 107 cm³/mol. The number of nitrogens with zero attached hydrogens (tertiary/aromatic N) is 2. The summed E-state index contributed by atoms with van der Waals surface area (Å²) in [4.78, 5) is 0. The lowest BCUT2D eigenvalue weighted by molar-refractivity contribution is -0.687. The minimum absolute atomic E-state index is 1.07. The van der Waals surface area contributed by atoms with E-state index in [1.165, 1.54) is 17.0 Å². The standard InChI is InChI=1S/C20H19Br2N2/c1-14-12-15(2)23(16(3)13-14)24(19-8-4-17(21)5-9-19)20-10-6-18(22)7-11-20/h4-13H,1-3H3/q+1. The van der Waals surface area contributed by atoms with E-state index in [-0.39, 0.29) is 0 Å². The van der Waals surface area contributed by atoms with Crippen LogP contribution < -0.4 is 9.69 Å². The quantitative estimate of drug-likeness (QED) is 0.445. The van der Waals surface area contributed by atoms with E-state index in [0.29, 0.717) is 0 Å². The molecule has 24 heavy (non-hydrogen) atoms. The molecule has 1 aromatic heterocycles. The van der Waals surface area contributed by atoms with Crippen LogP contribution >= 0.6 is 31.9 Å². The van der Waals surface area contributed by atoms with Gasteiger partial charge in [0.25, 0.3) is 0 Å². The fourth-order valence-electron chi connectivity index (χ4n) is 2.96. The van der Waals surface area contributed by atoms with Gasteiger partial charge in [-0.05, 0) is 61.0 Å². The molecule has 0 saturated carbocycles. The summed E-state index contributed by atoms with van der Waals surface area (Å²) in [6.45, 7) is 6.42. The first kappa shape index (κ1) is 17.2. The number of anilines is 2. The normalized spacial score (nSPS) is 10.7. The molecular weight excluding hydrogens is 428 g/mol. The number of aryl methyl sites for hydroxylation is 3. The first-order valence-electron chi connectivity index (χ1n) is 7.77. The van der Waals surface area contributed by atoms with Crippen LogP contribution in [0.3, 0.4) is 0 Å². The van der Waals surface area contributed by atoms with Crippen molar-refractivity contribution in [2.75, 3.05) is 5.01 Å². The second-order valence-electron chi connectivity index (χ2n) is 5.89. The monoisotopic (exact) mass is 445 g/mol. The van der Waals surface area contributed by atoms with Gasteiger partial charge in [-0.1, -0.05) is 36.5 Å². The topological polar surface area (TPSA) is 7.12 Å². The lowest BCUT2D eigenvalue weighted by Crippen LogP contribution is -2.55. The molecule has 0 bridgehead atoms. The van der Waals surface area contributed by atoms with Gasteiger partial charge in [0, 0.05) is 34.9 Å². The van der Waals surface area contributed by atoms with Gasteiger partial charge in [-0.3, -0.25) is 0 Å². The summed E-state index contributed by atoms with van der Waals surface area (Å²) in [5.41, 5.74) is 5.88. The Hall–Kier alpha value is -1.65. The maximum atomic E-state index is 3.52. The molecule has 2 aromatic carbocycles. The van der Waals surface area contributed by atoms with Crippen molar-refractivity contribution in [3.8, 4) is 0 Å². The lowest BCUT2D eigenvalue weighted by atomic mass is 10.2. The van der Waals surface area contributed by atoms with Crippen molar-refractivity contribution in [1.82, 2.24) is 0 Å². The molecule has 0 aliphatic carbocycles. The Morgan fingerprint density at radius 2 is 1.04 bits per heavy atom. The van der Waals surface area contributed by atoms with Gasteiger partial charge in [0.1, 0.15) is 11.4 Å². The highest BCUT2D eigenvalue weighted by atomic mass is 79.9. The third kappa shape index (κ3) is 3.55. The molecule has 3 rings (SSSR count). The Morgan fingerprint density at radius 1 is 0.667 bits per heavy atom. The molecule has 0 aliphatic heterocycles. The SMILES string of the molecule is Cc1cc(C)[n+](N(c2ccc(Br)cc2)c2ccc(Br)cc2)c(C)c1. The summed E-state index contributed by atoms with van der Waals surface area (Å²) in [5.74, 6) is 0. The van der Waals surface area contributed by atoms with E-state index in [1.807, 2.05) is 0 Å². The van der Waals surface area contributed by atoms with Crippen LogP contribution in [0.25, 0.3) is 0 Å². The van der Waals surface area contributed by atoms with E-state index in [1.54, 1.807) is 0 Å². The van der Waals surface area contributed by atoms with Gasteiger partial charge in [0.05, 0.1) is 0 Å². The summed E-state index contributed by atoms with van der Waals surface area (Å²) in [5, 5.41) is 2.24. The fraction of sp³-hybridized carbons (Fsp3) is 0.150. The minimum Gasteiger partial charge on any atom is -0.116 e. The van der Waals surface area contributed by atoms with Crippen LogP contribution in [0.1, 0.15) is 17.0 Å². The first-order valence-corrected chi connectivity index (χ1v) is 9.36. The highest BCUT2D eigenvalue weighted by molar-refractivity contribution is 9.10. The number of benzene rings is 2. The van der Waals surface area contributed by atoms with Gasteiger partial charge in [-0.15, -0.1) is 5.01 Å². The average Bonchev–Trinajstić information content (AvgIpc) is 2.53. The largest absolute Gasteiger partial charge is 0.210 e. The van der Waals surface area contributed by atoms with Crippen LogP contribution in [0.2, 0.25) is 0 Å². The van der Waals surface area contributed by atoms with Crippen LogP contribution in [-0.4, -0.2) is 0 Å². The zero-order valence-corrected chi connectivity index (χ0v) is 17.1. The molecule has 122 valence electrons. The maximum absolute atomic E-state index is 3.52. The molecule has 3 aromatic rings. The van der Waals surface area contributed by atoms with Gasteiger partial charge in [-0.2, -0.15) is 0 Å². The van der Waals surface area contributed by atoms with Crippen molar-refractivity contribution >= 4 is 43.2 Å². The molecular formula is C20H19Br2N2+. The van der Waals surface area contributed by atoms with E-state index in [0.717, 1.165) is 20.3 Å². The van der Waals surface area contributed by atoms with E-state index in [2.05, 4.69) is 123 Å². The van der Waals surface area contributed by atoms with E-state index >= 15 is 0 Å². The summed E-state index contributed by atoms with van der Waals surface area (Å²) in [6, 6.07) is 21.2. The molecule has 0 saturated heterocycles. The molecule has 4 heteroatoms. The predicted octanol–water partition coefficient (Wildman–Crippen LogP) is 6.03. The van der Waals surface area contributed by atoms with Crippen LogP contribution in [0.5, 0.6) is 0 Å². The molecule has 0 fully saturated rings. The van der Waals surface area contributed by atoms with Crippen LogP contribution in [-0.2, 0) is 0 Å².